The molecule has 1 aromatic rings. The minimum absolute atomic E-state index is 0.175. The Morgan fingerprint density at radius 1 is 1.39 bits per heavy atom. The van der Waals surface area contributed by atoms with E-state index in [1.807, 2.05) is 0 Å². The third kappa shape index (κ3) is 4.21. The quantitative estimate of drug-likeness (QED) is 0.893. The topological polar surface area (TPSA) is 41.1 Å². The molecule has 18 heavy (non-hydrogen) atoms. The van der Waals surface area contributed by atoms with Gasteiger partial charge in [-0.25, -0.2) is 0 Å². The lowest BCUT2D eigenvalue weighted by Crippen LogP contribution is -2.21. The Hall–Kier alpha value is -1.24. The van der Waals surface area contributed by atoms with Gasteiger partial charge < -0.3 is 10.6 Å². The van der Waals surface area contributed by atoms with E-state index >= 15 is 0 Å². The molecule has 0 aliphatic carbocycles. The number of amides is 1. The second-order valence-corrected chi connectivity index (χ2v) is 4.40. The number of hydrogen-bond acceptors (Lipinski definition) is 2. The summed E-state index contributed by atoms with van der Waals surface area (Å²) < 4.78 is 38.0. The van der Waals surface area contributed by atoms with E-state index in [-0.39, 0.29) is 18.9 Å². The summed E-state index contributed by atoms with van der Waals surface area (Å²) >= 11 is 3.15. The molecule has 100 valence electrons. The maximum atomic E-state index is 12.5. The van der Waals surface area contributed by atoms with E-state index in [9.17, 15) is 18.0 Å². The molecule has 3 nitrogen and oxygen atoms in total. The fourth-order valence-corrected chi connectivity index (χ4v) is 1.66. The second kappa shape index (κ2) is 6.08. The minimum atomic E-state index is -4.38. The van der Waals surface area contributed by atoms with Gasteiger partial charge >= 0.3 is 6.18 Å². The number of carbonyl (C=O) groups excluding carboxylic acids is 1. The molecule has 7 heteroatoms. The zero-order valence-electron chi connectivity index (χ0n) is 9.57. The molecule has 2 N–H and O–H groups in total. The van der Waals surface area contributed by atoms with Crippen LogP contribution in [0.25, 0.3) is 0 Å². The highest BCUT2D eigenvalue weighted by Crippen LogP contribution is 2.33. The number of anilines is 1. The van der Waals surface area contributed by atoms with Crippen molar-refractivity contribution in [2.24, 2.45) is 0 Å². The van der Waals surface area contributed by atoms with E-state index in [1.165, 1.54) is 13.1 Å². The maximum absolute atomic E-state index is 12.5. The molecule has 1 rings (SSSR count). The summed E-state index contributed by atoms with van der Waals surface area (Å²) in [6.07, 6.45) is -4.18. The monoisotopic (exact) mass is 324 g/mol. The summed E-state index contributed by atoms with van der Waals surface area (Å²) in [5.41, 5.74) is -0.415. The highest BCUT2D eigenvalue weighted by atomic mass is 79.9. The number of nitrogens with one attached hydrogen (secondary N) is 2. The van der Waals surface area contributed by atoms with E-state index < -0.39 is 11.7 Å². The predicted molar refractivity (Wildman–Crippen MR) is 66.3 cm³/mol. The lowest BCUT2D eigenvalue weighted by Gasteiger charge is -2.12. The van der Waals surface area contributed by atoms with Gasteiger partial charge in [0.25, 0.3) is 0 Å². The third-order valence-corrected chi connectivity index (χ3v) is 2.93. The van der Waals surface area contributed by atoms with Crippen LogP contribution in [0.15, 0.2) is 22.7 Å². The predicted octanol–water partition coefficient (Wildman–Crippen LogP) is 3.02. The van der Waals surface area contributed by atoms with Crippen molar-refractivity contribution in [3.05, 3.63) is 28.2 Å². The molecular weight excluding hydrogens is 313 g/mol. The van der Waals surface area contributed by atoms with Gasteiger partial charge in [-0.3, -0.25) is 4.79 Å². The maximum Gasteiger partial charge on any atom is 0.416 e. The van der Waals surface area contributed by atoms with Gasteiger partial charge in [0.2, 0.25) is 5.91 Å². The summed E-state index contributed by atoms with van der Waals surface area (Å²) in [6.45, 7) is 0.263. The second-order valence-electron chi connectivity index (χ2n) is 3.54. The molecule has 0 fully saturated rings. The standard InChI is InChI=1S/C11H12BrF3N2O/c1-16-10(18)4-5-17-9-6-7(11(13,14)15)2-3-8(9)12/h2-3,6,17H,4-5H2,1H3,(H,16,18). The molecule has 0 spiro atoms. The van der Waals surface area contributed by atoms with Crippen molar-refractivity contribution in [3.8, 4) is 0 Å². The highest BCUT2D eigenvalue weighted by Gasteiger charge is 2.30. The smallest absolute Gasteiger partial charge is 0.384 e. The van der Waals surface area contributed by atoms with Gasteiger partial charge in [0.15, 0.2) is 0 Å². The molecule has 1 aromatic carbocycles. The molecular formula is C11H12BrF3N2O. The van der Waals surface area contributed by atoms with Gasteiger partial charge in [0.05, 0.1) is 5.56 Å². The van der Waals surface area contributed by atoms with E-state index in [0.717, 1.165) is 12.1 Å². The van der Waals surface area contributed by atoms with Crippen LogP contribution in [0.2, 0.25) is 0 Å². The van der Waals surface area contributed by atoms with E-state index in [2.05, 4.69) is 26.6 Å². The molecule has 0 aliphatic rings. The van der Waals surface area contributed by atoms with Crippen LogP contribution in [0.3, 0.4) is 0 Å². The Morgan fingerprint density at radius 3 is 2.61 bits per heavy atom. The van der Waals surface area contributed by atoms with Gasteiger partial charge in [-0.2, -0.15) is 13.2 Å². The van der Waals surface area contributed by atoms with Crippen molar-refractivity contribution in [1.29, 1.82) is 0 Å². The van der Waals surface area contributed by atoms with Gasteiger partial charge in [-0.05, 0) is 34.1 Å². The Kier molecular flexibility index (Phi) is 5.01. The lowest BCUT2D eigenvalue weighted by molar-refractivity contribution is -0.137. The summed E-state index contributed by atoms with van der Waals surface area (Å²) in [4.78, 5) is 11.0. The zero-order valence-corrected chi connectivity index (χ0v) is 11.2. The average molecular weight is 325 g/mol. The first-order valence-electron chi connectivity index (χ1n) is 5.16. The Morgan fingerprint density at radius 2 is 2.06 bits per heavy atom. The van der Waals surface area contributed by atoms with E-state index in [0.29, 0.717) is 10.2 Å². The van der Waals surface area contributed by atoms with Crippen LogP contribution in [-0.4, -0.2) is 19.5 Å². The fourth-order valence-electron chi connectivity index (χ4n) is 1.27. The molecule has 1 amide bonds. The molecule has 0 unspecified atom stereocenters. The van der Waals surface area contributed by atoms with Crippen LogP contribution in [-0.2, 0) is 11.0 Å². The highest BCUT2D eigenvalue weighted by molar-refractivity contribution is 9.10. The molecule has 0 aliphatic heterocycles. The van der Waals surface area contributed by atoms with E-state index in [1.54, 1.807) is 0 Å². The van der Waals surface area contributed by atoms with Crippen molar-refractivity contribution < 1.29 is 18.0 Å². The Balaban J connectivity index is 2.73. The summed E-state index contributed by atoms with van der Waals surface area (Å²) in [5, 5.41) is 5.21. The number of carbonyl (C=O) groups is 1. The third-order valence-electron chi connectivity index (χ3n) is 2.24. The summed E-state index contributed by atoms with van der Waals surface area (Å²) in [5.74, 6) is -0.175. The Bertz CT molecular complexity index is 435. The van der Waals surface area contributed by atoms with Gasteiger partial charge in [0.1, 0.15) is 0 Å². The lowest BCUT2D eigenvalue weighted by atomic mass is 10.2. The van der Waals surface area contributed by atoms with Gasteiger partial charge in [-0.15, -0.1) is 0 Å². The molecule has 0 atom stereocenters. The fraction of sp³-hybridized carbons (Fsp3) is 0.364. The van der Waals surface area contributed by atoms with Crippen molar-refractivity contribution in [3.63, 3.8) is 0 Å². The SMILES string of the molecule is CNC(=O)CCNc1cc(C(F)(F)F)ccc1Br. The van der Waals surface area contributed by atoms with Crippen LogP contribution in [0.1, 0.15) is 12.0 Å². The first-order valence-corrected chi connectivity index (χ1v) is 5.95. The number of rotatable bonds is 4. The Labute approximate surface area is 111 Å². The first kappa shape index (κ1) is 14.8. The normalized spacial score (nSPS) is 11.2. The number of alkyl halides is 3. The van der Waals surface area contributed by atoms with Crippen molar-refractivity contribution in [2.45, 2.75) is 12.6 Å². The van der Waals surface area contributed by atoms with Crippen molar-refractivity contribution >= 4 is 27.5 Å². The number of halogens is 4. The number of benzene rings is 1. The summed E-state index contributed by atoms with van der Waals surface area (Å²) in [6, 6.07) is 3.33. The zero-order chi connectivity index (χ0) is 13.8. The van der Waals surface area contributed by atoms with Gasteiger partial charge in [0, 0.05) is 30.2 Å². The average Bonchev–Trinajstić information content (AvgIpc) is 2.29. The molecule has 0 bridgehead atoms. The van der Waals surface area contributed by atoms with Crippen LogP contribution in [0, 0.1) is 0 Å². The van der Waals surface area contributed by atoms with Crippen LogP contribution in [0.4, 0.5) is 18.9 Å². The van der Waals surface area contributed by atoms with Crippen molar-refractivity contribution in [1.82, 2.24) is 5.32 Å². The summed E-state index contributed by atoms with van der Waals surface area (Å²) in [7, 11) is 1.50. The number of hydrogen-bond donors (Lipinski definition) is 2. The van der Waals surface area contributed by atoms with Crippen LogP contribution < -0.4 is 10.6 Å². The van der Waals surface area contributed by atoms with Crippen LogP contribution >= 0.6 is 15.9 Å². The van der Waals surface area contributed by atoms with E-state index in [4.69, 9.17) is 0 Å². The minimum Gasteiger partial charge on any atom is -0.384 e. The molecule has 0 aromatic heterocycles. The molecule has 0 saturated heterocycles. The molecule has 0 radical (unpaired) electrons. The largest absolute Gasteiger partial charge is 0.416 e. The van der Waals surface area contributed by atoms with Crippen molar-refractivity contribution in [2.75, 3.05) is 18.9 Å². The molecule has 0 saturated carbocycles. The van der Waals surface area contributed by atoms with Gasteiger partial charge in [-0.1, -0.05) is 0 Å². The molecule has 0 heterocycles. The first-order chi connectivity index (χ1) is 8.34. The van der Waals surface area contributed by atoms with Crippen LogP contribution in [0.5, 0.6) is 0 Å².